The number of hydrogen-bond acceptors (Lipinski definition) is 2. The zero-order chi connectivity index (χ0) is 11.9. The molecule has 0 saturated heterocycles. The molecule has 0 spiro atoms. The first-order valence-corrected chi connectivity index (χ1v) is 6.09. The normalized spacial score (nSPS) is 16.0. The monoisotopic (exact) mass is 240 g/mol. The SMILES string of the molecule is CC(C)(C)c1nn2c(c1C(=O)Cl)CCCC2. The van der Waals surface area contributed by atoms with E-state index in [4.69, 9.17) is 11.6 Å². The van der Waals surface area contributed by atoms with Crippen molar-refractivity contribution in [2.24, 2.45) is 0 Å². The van der Waals surface area contributed by atoms with E-state index < -0.39 is 0 Å². The zero-order valence-corrected chi connectivity index (χ0v) is 10.8. The standard InChI is InChI=1S/C12H17ClN2O/c1-12(2,3)10-9(11(13)16)8-6-4-5-7-15(8)14-10/h4-7H2,1-3H3. The second-order valence-electron chi connectivity index (χ2n) is 5.37. The molecule has 0 fully saturated rings. The number of fused-ring (bicyclic) bond motifs is 1. The Morgan fingerprint density at radius 1 is 1.38 bits per heavy atom. The minimum absolute atomic E-state index is 0.135. The number of carbonyl (C=O) groups is 1. The van der Waals surface area contributed by atoms with Gasteiger partial charge < -0.3 is 0 Å². The Morgan fingerprint density at radius 3 is 2.62 bits per heavy atom. The summed E-state index contributed by atoms with van der Waals surface area (Å²) < 4.78 is 1.96. The van der Waals surface area contributed by atoms with Gasteiger partial charge in [0, 0.05) is 12.0 Å². The van der Waals surface area contributed by atoms with Gasteiger partial charge in [-0.25, -0.2) is 0 Å². The molecule has 1 aliphatic rings. The number of hydrogen-bond donors (Lipinski definition) is 0. The lowest BCUT2D eigenvalue weighted by atomic mass is 9.88. The van der Waals surface area contributed by atoms with Crippen LogP contribution in [0.3, 0.4) is 0 Å². The average molecular weight is 241 g/mol. The van der Waals surface area contributed by atoms with Crippen LogP contribution in [0, 0.1) is 0 Å². The van der Waals surface area contributed by atoms with E-state index in [2.05, 4.69) is 25.9 Å². The smallest absolute Gasteiger partial charge is 0.256 e. The molecule has 4 heteroatoms. The van der Waals surface area contributed by atoms with Gasteiger partial charge in [-0.3, -0.25) is 9.48 Å². The fourth-order valence-electron chi connectivity index (χ4n) is 2.22. The summed E-state index contributed by atoms with van der Waals surface area (Å²) in [7, 11) is 0. The zero-order valence-electron chi connectivity index (χ0n) is 10.0. The van der Waals surface area contributed by atoms with Crippen molar-refractivity contribution in [3.05, 3.63) is 17.0 Å². The fourth-order valence-corrected chi connectivity index (χ4v) is 2.42. The molecule has 0 unspecified atom stereocenters. The molecule has 1 aromatic heterocycles. The van der Waals surface area contributed by atoms with Gasteiger partial charge >= 0.3 is 0 Å². The van der Waals surface area contributed by atoms with Crippen molar-refractivity contribution in [2.75, 3.05) is 0 Å². The van der Waals surface area contributed by atoms with Gasteiger partial charge in [-0.2, -0.15) is 5.10 Å². The fraction of sp³-hybridized carbons (Fsp3) is 0.667. The lowest BCUT2D eigenvalue weighted by Crippen LogP contribution is -2.15. The Bertz CT molecular complexity index is 429. The van der Waals surface area contributed by atoms with Gasteiger partial charge in [-0.15, -0.1) is 0 Å². The summed E-state index contributed by atoms with van der Waals surface area (Å²) in [5.41, 5.74) is 2.37. The molecule has 0 saturated carbocycles. The van der Waals surface area contributed by atoms with E-state index in [1.165, 1.54) is 0 Å². The third-order valence-corrected chi connectivity index (χ3v) is 3.19. The number of halogens is 1. The summed E-state index contributed by atoms with van der Waals surface area (Å²) in [6, 6.07) is 0. The van der Waals surface area contributed by atoms with E-state index in [0.717, 1.165) is 37.2 Å². The third-order valence-electron chi connectivity index (χ3n) is 3.00. The molecular formula is C12H17ClN2O. The summed E-state index contributed by atoms with van der Waals surface area (Å²) in [5.74, 6) is 0. The molecule has 2 rings (SSSR count). The highest BCUT2D eigenvalue weighted by Gasteiger charge is 2.30. The highest BCUT2D eigenvalue weighted by atomic mass is 35.5. The van der Waals surface area contributed by atoms with E-state index in [1.807, 2.05) is 4.68 Å². The second-order valence-corrected chi connectivity index (χ2v) is 5.72. The van der Waals surface area contributed by atoms with E-state index in [-0.39, 0.29) is 10.7 Å². The Kier molecular flexibility index (Phi) is 2.82. The molecule has 0 atom stereocenters. The molecule has 88 valence electrons. The summed E-state index contributed by atoms with van der Waals surface area (Å²) in [4.78, 5) is 11.6. The Labute approximate surface area is 101 Å². The maximum atomic E-state index is 11.6. The minimum atomic E-state index is -0.368. The van der Waals surface area contributed by atoms with Crippen molar-refractivity contribution in [1.29, 1.82) is 0 Å². The van der Waals surface area contributed by atoms with E-state index >= 15 is 0 Å². The first kappa shape index (κ1) is 11.6. The van der Waals surface area contributed by atoms with Gasteiger partial charge in [-0.1, -0.05) is 20.8 Å². The van der Waals surface area contributed by atoms with Crippen molar-refractivity contribution in [2.45, 2.75) is 52.0 Å². The van der Waals surface area contributed by atoms with Gasteiger partial charge in [0.25, 0.3) is 5.24 Å². The minimum Gasteiger partial charge on any atom is -0.275 e. The molecule has 1 aromatic rings. The summed E-state index contributed by atoms with van der Waals surface area (Å²) >= 11 is 5.70. The maximum absolute atomic E-state index is 11.6. The highest BCUT2D eigenvalue weighted by molar-refractivity contribution is 6.68. The predicted molar refractivity (Wildman–Crippen MR) is 64.0 cm³/mol. The summed E-state index contributed by atoms with van der Waals surface area (Å²) in [6.45, 7) is 7.09. The van der Waals surface area contributed by atoms with Gasteiger partial charge in [0.15, 0.2) is 0 Å². The lowest BCUT2D eigenvalue weighted by molar-refractivity contribution is 0.107. The van der Waals surface area contributed by atoms with Crippen LogP contribution in [-0.4, -0.2) is 15.0 Å². The molecule has 0 aromatic carbocycles. The number of aromatic nitrogens is 2. The molecule has 0 bridgehead atoms. The second kappa shape index (κ2) is 3.88. The molecule has 0 aliphatic carbocycles. The Balaban J connectivity index is 2.61. The van der Waals surface area contributed by atoms with Crippen molar-refractivity contribution >= 4 is 16.8 Å². The molecule has 3 nitrogen and oxygen atoms in total. The Morgan fingerprint density at radius 2 is 2.06 bits per heavy atom. The van der Waals surface area contributed by atoms with Crippen LogP contribution in [0.1, 0.15) is 55.4 Å². The topological polar surface area (TPSA) is 34.9 Å². The number of nitrogens with zero attached hydrogens (tertiary/aromatic N) is 2. The molecule has 1 aliphatic heterocycles. The van der Waals surface area contributed by atoms with Gasteiger partial charge in [0.05, 0.1) is 17.0 Å². The predicted octanol–water partition coefficient (Wildman–Crippen LogP) is 2.90. The summed E-state index contributed by atoms with van der Waals surface area (Å²) in [5, 5.41) is 4.19. The first-order chi connectivity index (χ1) is 7.41. The van der Waals surface area contributed by atoms with Crippen molar-refractivity contribution in [3.63, 3.8) is 0 Å². The van der Waals surface area contributed by atoms with Gasteiger partial charge in [0.1, 0.15) is 0 Å². The van der Waals surface area contributed by atoms with Crippen LogP contribution in [-0.2, 0) is 18.4 Å². The average Bonchev–Trinajstić information content (AvgIpc) is 2.55. The van der Waals surface area contributed by atoms with E-state index in [0.29, 0.717) is 5.56 Å². The third kappa shape index (κ3) is 1.88. The van der Waals surface area contributed by atoms with Gasteiger partial charge in [-0.05, 0) is 30.9 Å². The summed E-state index contributed by atoms with van der Waals surface area (Å²) in [6.07, 6.45) is 3.16. The lowest BCUT2D eigenvalue weighted by Gasteiger charge is -2.16. The molecular weight excluding hydrogens is 224 g/mol. The quantitative estimate of drug-likeness (QED) is 0.708. The van der Waals surface area contributed by atoms with Crippen LogP contribution in [0.4, 0.5) is 0 Å². The molecule has 0 N–H and O–H groups in total. The maximum Gasteiger partial charge on any atom is 0.256 e. The number of aryl methyl sites for hydroxylation is 1. The van der Waals surface area contributed by atoms with Crippen LogP contribution < -0.4 is 0 Å². The van der Waals surface area contributed by atoms with E-state index in [1.54, 1.807) is 0 Å². The number of rotatable bonds is 1. The van der Waals surface area contributed by atoms with Crippen LogP contribution in [0.2, 0.25) is 0 Å². The molecule has 16 heavy (non-hydrogen) atoms. The largest absolute Gasteiger partial charge is 0.275 e. The molecule has 0 amide bonds. The van der Waals surface area contributed by atoms with Crippen LogP contribution in [0.25, 0.3) is 0 Å². The first-order valence-electron chi connectivity index (χ1n) is 5.71. The number of carbonyl (C=O) groups excluding carboxylic acids is 1. The van der Waals surface area contributed by atoms with Crippen LogP contribution >= 0.6 is 11.6 Å². The van der Waals surface area contributed by atoms with Crippen LogP contribution in [0.15, 0.2) is 0 Å². The van der Waals surface area contributed by atoms with Crippen molar-refractivity contribution in [1.82, 2.24) is 9.78 Å². The van der Waals surface area contributed by atoms with Crippen molar-refractivity contribution in [3.8, 4) is 0 Å². The van der Waals surface area contributed by atoms with Crippen molar-refractivity contribution < 1.29 is 4.79 Å². The van der Waals surface area contributed by atoms with E-state index in [9.17, 15) is 4.79 Å². The molecule has 0 radical (unpaired) electrons. The van der Waals surface area contributed by atoms with Crippen LogP contribution in [0.5, 0.6) is 0 Å². The van der Waals surface area contributed by atoms with Gasteiger partial charge in [0.2, 0.25) is 0 Å². The Hall–Kier alpha value is -0.830. The highest BCUT2D eigenvalue weighted by Crippen LogP contribution is 2.31. The molecule has 2 heterocycles.